The third-order valence-corrected chi connectivity index (χ3v) is 5.81. The van der Waals surface area contributed by atoms with E-state index >= 15 is 0 Å². The molecule has 0 saturated heterocycles. The number of imide groups is 1. The molecule has 5 atom stereocenters. The number of carbonyl (C=O) groups is 4. The standard InChI is InChI=1S/C25H41N5O5/c1-14(2)21(23(28)33)29-24(34)22(15(3)4)30(25(35)16(5)26)20(32)12-11-19(31)18(27)13-17-9-7-6-8-10-17/h6-10,14-16,18-19,21-22,31H,11-13,26-27H2,1-5H3,(H2,28,33)(H,29,34)/t16-,18-,19-,21-,22-/m0/s1. The quantitative estimate of drug-likeness (QED) is 0.258. The van der Waals surface area contributed by atoms with Crippen molar-refractivity contribution in [3.8, 4) is 0 Å². The molecule has 1 rings (SSSR count). The Morgan fingerprint density at radius 2 is 1.54 bits per heavy atom. The summed E-state index contributed by atoms with van der Waals surface area (Å²) in [6.45, 7) is 8.21. The number of hydrogen-bond donors (Lipinski definition) is 5. The average molecular weight is 492 g/mol. The summed E-state index contributed by atoms with van der Waals surface area (Å²) in [5, 5.41) is 13.1. The SMILES string of the molecule is CC(C)[C@H](NC(=O)[C@H](C(C)C)N(C(=O)CC[C@H](O)[C@@H](N)Cc1ccccc1)C(=O)[C@H](C)N)C(N)=O. The predicted octanol–water partition coefficient (Wildman–Crippen LogP) is 0.0506. The molecule has 0 aliphatic heterocycles. The number of rotatable bonds is 13. The van der Waals surface area contributed by atoms with Crippen LogP contribution in [0, 0.1) is 11.8 Å². The molecular weight excluding hydrogens is 450 g/mol. The van der Waals surface area contributed by atoms with Crippen molar-refractivity contribution in [2.24, 2.45) is 29.0 Å². The fourth-order valence-corrected chi connectivity index (χ4v) is 3.79. The van der Waals surface area contributed by atoms with E-state index in [1.807, 2.05) is 30.3 Å². The van der Waals surface area contributed by atoms with Crippen LogP contribution in [-0.4, -0.2) is 63.9 Å². The molecule has 10 nitrogen and oxygen atoms in total. The van der Waals surface area contributed by atoms with E-state index < -0.39 is 59.8 Å². The molecule has 0 saturated carbocycles. The van der Waals surface area contributed by atoms with Crippen molar-refractivity contribution in [1.82, 2.24) is 10.2 Å². The monoisotopic (exact) mass is 491 g/mol. The smallest absolute Gasteiger partial charge is 0.246 e. The molecule has 0 bridgehead atoms. The Kier molecular flexibility index (Phi) is 12.0. The largest absolute Gasteiger partial charge is 0.391 e. The average Bonchev–Trinajstić information content (AvgIpc) is 2.78. The van der Waals surface area contributed by atoms with Crippen LogP contribution in [0.3, 0.4) is 0 Å². The number of primary amides is 1. The summed E-state index contributed by atoms with van der Waals surface area (Å²) >= 11 is 0. The van der Waals surface area contributed by atoms with E-state index in [9.17, 15) is 24.3 Å². The number of nitrogens with one attached hydrogen (secondary N) is 1. The van der Waals surface area contributed by atoms with Crippen molar-refractivity contribution < 1.29 is 24.3 Å². The molecule has 0 aliphatic carbocycles. The maximum Gasteiger partial charge on any atom is 0.246 e. The highest BCUT2D eigenvalue weighted by molar-refractivity contribution is 6.02. The van der Waals surface area contributed by atoms with Gasteiger partial charge in [-0.1, -0.05) is 58.0 Å². The highest BCUT2D eigenvalue weighted by Gasteiger charge is 2.39. The zero-order valence-electron chi connectivity index (χ0n) is 21.3. The lowest BCUT2D eigenvalue weighted by atomic mass is 9.96. The van der Waals surface area contributed by atoms with E-state index in [0.29, 0.717) is 6.42 Å². The summed E-state index contributed by atoms with van der Waals surface area (Å²) in [7, 11) is 0. The summed E-state index contributed by atoms with van der Waals surface area (Å²) < 4.78 is 0. The van der Waals surface area contributed by atoms with Crippen molar-refractivity contribution in [2.45, 2.75) is 84.2 Å². The second kappa shape index (κ2) is 13.9. The zero-order chi connectivity index (χ0) is 26.9. The van der Waals surface area contributed by atoms with Crippen LogP contribution >= 0.6 is 0 Å². The first-order chi connectivity index (χ1) is 16.3. The number of nitrogens with zero attached hydrogens (tertiary/aromatic N) is 1. The van der Waals surface area contributed by atoms with Crippen LogP contribution in [0.2, 0.25) is 0 Å². The number of benzene rings is 1. The second-order valence-electron chi connectivity index (χ2n) is 9.67. The molecule has 35 heavy (non-hydrogen) atoms. The van der Waals surface area contributed by atoms with Crippen LogP contribution in [0.5, 0.6) is 0 Å². The third kappa shape index (κ3) is 9.04. The highest BCUT2D eigenvalue weighted by atomic mass is 16.3. The van der Waals surface area contributed by atoms with Crippen LogP contribution in [-0.2, 0) is 25.6 Å². The van der Waals surface area contributed by atoms with E-state index in [-0.39, 0.29) is 18.8 Å². The predicted molar refractivity (Wildman–Crippen MR) is 133 cm³/mol. The van der Waals surface area contributed by atoms with Gasteiger partial charge in [-0.2, -0.15) is 0 Å². The maximum atomic E-state index is 13.2. The number of aliphatic hydroxyl groups is 1. The van der Waals surface area contributed by atoms with Gasteiger partial charge in [-0.25, -0.2) is 0 Å². The first kappa shape index (κ1) is 30.2. The molecule has 0 fully saturated rings. The number of nitrogens with two attached hydrogens (primary N) is 3. The second-order valence-corrected chi connectivity index (χ2v) is 9.67. The van der Waals surface area contributed by atoms with Crippen molar-refractivity contribution >= 4 is 23.6 Å². The molecule has 196 valence electrons. The summed E-state index contributed by atoms with van der Waals surface area (Å²) in [4.78, 5) is 51.9. The van der Waals surface area contributed by atoms with Crippen molar-refractivity contribution in [2.75, 3.05) is 0 Å². The lowest BCUT2D eigenvalue weighted by Crippen LogP contribution is -2.60. The Balaban J connectivity index is 3.04. The topological polar surface area (TPSA) is 182 Å². The maximum absolute atomic E-state index is 13.2. The molecule has 1 aromatic rings. The van der Waals surface area contributed by atoms with Gasteiger partial charge in [0.2, 0.25) is 23.6 Å². The number of hydrogen-bond acceptors (Lipinski definition) is 7. The van der Waals surface area contributed by atoms with Gasteiger partial charge >= 0.3 is 0 Å². The normalized spacial score (nSPS) is 15.7. The van der Waals surface area contributed by atoms with Crippen molar-refractivity contribution in [1.29, 1.82) is 0 Å². The first-order valence-corrected chi connectivity index (χ1v) is 12.0. The molecular formula is C25H41N5O5. The van der Waals surface area contributed by atoms with E-state index in [2.05, 4.69) is 5.32 Å². The summed E-state index contributed by atoms with van der Waals surface area (Å²) in [5.74, 6) is -3.56. The summed E-state index contributed by atoms with van der Waals surface area (Å²) in [6, 6.07) is 5.56. The summed E-state index contributed by atoms with van der Waals surface area (Å²) in [6.07, 6.45) is -0.808. The van der Waals surface area contributed by atoms with E-state index in [1.165, 1.54) is 6.92 Å². The van der Waals surface area contributed by atoms with Gasteiger partial charge in [0.1, 0.15) is 12.1 Å². The Labute approximate surface area is 207 Å². The Bertz CT molecular complexity index is 859. The van der Waals surface area contributed by atoms with Crippen LogP contribution in [0.25, 0.3) is 0 Å². The van der Waals surface area contributed by atoms with Gasteiger partial charge in [0.25, 0.3) is 0 Å². The highest BCUT2D eigenvalue weighted by Crippen LogP contribution is 2.18. The van der Waals surface area contributed by atoms with Gasteiger partial charge in [-0.15, -0.1) is 0 Å². The first-order valence-electron chi connectivity index (χ1n) is 12.0. The number of aliphatic hydroxyl groups excluding tert-OH is 1. The van der Waals surface area contributed by atoms with E-state index in [4.69, 9.17) is 17.2 Å². The van der Waals surface area contributed by atoms with E-state index in [1.54, 1.807) is 27.7 Å². The lowest BCUT2D eigenvalue weighted by molar-refractivity contribution is -0.155. The molecule has 1 aromatic carbocycles. The van der Waals surface area contributed by atoms with Crippen LogP contribution < -0.4 is 22.5 Å². The molecule has 8 N–H and O–H groups in total. The molecule has 0 spiro atoms. The van der Waals surface area contributed by atoms with Gasteiger partial charge in [0.15, 0.2) is 0 Å². The van der Waals surface area contributed by atoms with E-state index in [0.717, 1.165) is 10.5 Å². The molecule has 0 aliphatic rings. The fourth-order valence-electron chi connectivity index (χ4n) is 3.79. The molecule has 10 heteroatoms. The lowest BCUT2D eigenvalue weighted by Gasteiger charge is -2.34. The van der Waals surface area contributed by atoms with Gasteiger partial charge in [0.05, 0.1) is 12.1 Å². The van der Waals surface area contributed by atoms with Crippen LogP contribution in [0.1, 0.15) is 53.0 Å². The van der Waals surface area contributed by atoms with Crippen molar-refractivity contribution in [3.63, 3.8) is 0 Å². The minimum Gasteiger partial charge on any atom is -0.391 e. The minimum absolute atomic E-state index is 0.00208. The summed E-state index contributed by atoms with van der Waals surface area (Å²) in [5.41, 5.74) is 18.3. The van der Waals surface area contributed by atoms with Crippen molar-refractivity contribution in [3.05, 3.63) is 35.9 Å². The van der Waals surface area contributed by atoms with Crippen LogP contribution in [0.15, 0.2) is 30.3 Å². The number of amides is 4. The zero-order valence-corrected chi connectivity index (χ0v) is 21.3. The van der Waals surface area contributed by atoms with Gasteiger partial charge < -0.3 is 27.6 Å². The molecule has 0 heterocycles. The minimum atomic E-state index is -1.21. The fraction of sp³-hybridized carbons (Fsp3) is 0.600. The third-order valence-electron chi connectivity index (χ3n) is 5.81. The molecule has 0 unspecified atom stereocenters. The number of carbonyl (C=O) groups excluding carboxylic acids is 4. The molecule has 0 aromatic heterocycles. The molecule has 0 radical (unpaired) electrons. The van der Waals surface area contributed by atoms with Gasteiger partial charge in [0, 0.05) is 12.5 Å². The Hall–Kier alpha value is -2.82. The Morgan fingerprint density at radius 1 is 0.971 bits per heavy atom. The van der Waals surface area contributed by atoms with Gasteiger partial charge in [-0.3, -0.25) is 24.1 Å². The molecule has 4 amide bonds. The van der Waals surface area contributed by atoms with Gasteiger partial charge in [-0.05, 0) is 37.2 Å². The van der Waals surface area contributed by atoms with Crippen LogP contribution in [0.4, 0.5) is 0 Å². The Morgan fingerprint density at radius 3 is 2.00 bits per heavy atom.